The Bertz CT molecular complexity index is 856. The Labute approximate surface area is 185 Å². The Kier molecular flexibility index (Phi) is 8.74. The second-order valence-electron chi connectivity index (χ2n) is 7.06. The van der Waals surface area contributed by atoms with Gasteiger partial charge in [-0.05, 0) is 29.8 Å². The van der Waals surface area contributed by atoms with Crippen LogP contribution in [0.15, 0.2) is 67.3 Å². The number of aliphatic hydroxyl groups is 3. The van der Waals surface area contributed by atoms with Crippen molar-refractivity contribution in [3.8, 4) is 5.75 Å². The first-order chi connectivity index (χ1) is 15.5. The van der Waals surface area contributed by atoms with Crippen LogP contribution in [0.3, 0.4) is 0 Å². The Morgan fingerprint density at radius 1 is 1.06 bits per heavy atom. The highest BCUT2D eigenvalue weighted by atomic mass is 17.2. The van der Waals surface area contributed by atoms with Crippen LogP contribution >= 0.6 is 0 Å². The molecule has 9 heteroatoms. The van der Waals surface area contributed by atoms with Gasteiger partial charge in [-0.2, -0.15) is 4.89 Å². The molecule has 0 aromatic heterocycles. The molecule has 0 bridgehead atoms. The molecule has 3 N–H and O–H groups in total. The molecular weight excluding hydrogens is 420 g/mol. The van der Waals surface area contributed by atoms with E-state index in [4.69, 9.17) is 24.0 Å². The van der Waals surface area contributed by atoms with Crippen LogP contribution in [0.2, 0.25) is 0 Å². The van der Waals surface area contributed by atoms with Crippen molar-refractivity contribution in [2.24, 2.45) is 0 Å². The fraction of sp³-hybridized carbons (Fsp3) is 0.348. The number of carbonyl (C=O) groups is 1. The van der Waals surface area contributed by atoms with E-state index in [9.17, 15) is 20.1 Å². The average molecular weight is 446 g/mol. The molecule has 3 rings (SSSR count). The van der Waals surface area contributed by atoms with Crippen LogP contribution in [0.25, 0.3) is 0 Å². The lowest BCUT2D eigenvalue weighted by Gasteiger charge is -2.40. The molecule has 0 unspecified atom stereocenters. The highest BCUT2D eigenvalue weighted by Crippen LogP contribution is 2.25. The van der Waals surface area contributed by atoms with Gasteiger partial charge in [-0.1, -0.05) is 36.4 Å². The number of ether oxygens (including phenoxy) is 3. The monoisotopic (exact) mass is 446 g/mol. The largest absolute Gasteiger partial charge is 0.489 e. The molecule has 172 valence electrons. The first-order valence-electron chi connectivity index (χ1n) is 10.0. The fourth-order valence-electron chi connectivity index (χ4n) is 3.11. The Hall–Kier alpha value is -2.79. The normalized spacial score (nSPS) is 25.2. The van der Waals surface area contributed by atoms with Gasteiger partial charge in [0.05, 0.1) is 18.8 Å². The van der Waals surface area contributed by atoms with E-state index in [2.05, 4.69) is 6.58 Å². The van der Waals surface area contributed by atoms with Gasteiger partial charge in [-0.3, -0.25) is 4.89 Å². The van der Waals surface area contributed by atoms with Gasteiger partial charge in [0.15, 0.2) is 12.4 Å². The van der Waals surface area contributed by atoms with Crippen LogP contribution in [-0.2, 0) is 25.9 Å². The molecule has 1 aliphatic rings. The summed E-state index contributed by atoms with van der Waals surface area (Å²) in [5.74, 6) is -0.258. The number of rotatable bonds is 10. The summed E-state index contributed by atoms with van der Waals surface area (Å²) in [6.07, 6.45) is -5.05. The average Bonchev–Trinajstić information content (AvgIpc) is 2.83. The van der Waals surface area contributed by atoms with Crippen molar-refractivity contribution in [2.75, 3.05) is 13.2 Å². The Balaban J connectivity index is 1.56. The number of aliphatic hydroxyl groups excluding tert-OH is 3. The van der Waals surface area contributed by atoms with E-state index < -0.39 is 43.3 Å². The summed E-state index contributed by atoms with van der Waals surface area (Å²) in [4.78, 5) is 22.2. The van der Waals surface area contributed by atoms with E-state index in [1.54, 1.807) is 12.1 Å². The van der Waals surface area contributed by atoms with Crippen LogP contribution in [0.5, 0.6) is 5.75 Å². The zero-order valence-electron chi connectivity index (χ0n) is 17.3. The molecule has 0 radical (unpaired) electrons. The lowest BCUT2D eigenvalue weighted by atomic mass is 9.99. The third-order valence-electron chi connectivity index (χ3n) is 4.80. The second kappa shape index (κ2) is 11.7. The topological polar surface area (TPSA) is 124 Å². The molecule has 5 atom stereocenters. The van der Waals surface area contributed by atoms with Crippen molar-refractivity contribution in [2.45, 2.75) is 37.3 Å². The standard InChI is InChI=1S/C23H26O9/c1-2-12-28-20-19(25)18(13-24)30-23(27)21(20)31-32-22(26)16-8-10-17(11-9-16)29-14-15-6-4-3-5-7-15/h2-11,18-21,23-25,27H,1,12-14H2/t18-,19-,20+,21-,23-/m1/s1. The quantitative estimate of drug-likeness (QED) is 0.282. The lowest BCUT2D eigenvalue weighted by Crippen LogP contribution is -2.60. The molecule has 0 amide bonds. The van der Waals surface area contributed by atoms with Crippen LogP contribution < -0.4 is 4.74 Å². The van der Waals surface area contributed by atoms with Gasteiger partial charge in [0.1, 0.15) is 30.7 Å². The molecule has 2 aromatic carbocycles. The predicted molar refractivity (Wildman–Crippen MR) is 111 cm³/mol. The third kappa shape index (κ3) is 6.13. The van der Waals surface area contributed by atoms with Crippen molar-refractivity contribution in [1.82, 2.24) is 0 Å². The zero-order chi connectivity index (χ0) is 22.9. The summed E-state index contributed by atoms with van der Waals surface area (Å²) in [6, 6.07) is 15.9. The second-order valence-corrected chi connectivity index (χ2v) is 7.06. The van der Waals surface area contributed by atoms with Crippen molar-refractivity contribution < 1.29 is 44.1 Å². The fourth-order valence-corrected chi connectivity index (χ4v) is 3.11. The highest BCUT2D eigenvalue weighted by Gasteiger charge is 2.47. The SMILES string of the molecule is C=CCO[C@H]1[C@H](O)[C@@H](CO)O[C@@H](O)[C@@H]1OOC(=O)c1ccc(OCc2ccccc2)cc1. The molecule has 2 aromatic rings. The molecule has 1 heterocycles. The van der Waals surface area contributed by atoms with Gasteiger partial charge in [-0.15, -0.1) is 6.58 Å². The van der Waals surface area contributed by atoms with Crippen molar-refractivity contribution >= 4 is 5.97 Å². The van der Waals surface area contributed by atoms with Crippen molar-refractivity contribution in [1.29, 1.82) is 0 Å². The van der Waals surface area contributed by atoms with Crippen LogP contribution in [-0.4, -0.2) is 65.2 Å². The minimum absolute atomic E-state index is 0.0326. The van der Waals surface area contributed by atoms with E-state index in [-0.39, 0.29) is 12.2 Å². The number of hydrogen-bond acceptors (Lipinski definition) is 9. The molecule has 1 saturated heterocycles. The summed E-state index contributed by atoms with van der Waals surface area (Å²) in [5, 5.41) is 29.7. The van der Waals surface area contributed by atoms with E-state index in [1.165, 1.54) is 18.2 Å². The van der Waals surface area contributed by atoms with Crippen molar-refractivity contribution in [3.63, 3.8) is 0 Å². The minimum atomic E-state index is -1.60. The van der Waals surface area contributed by atoms with Gasteiger partial charge < -0.3 is 29.5 Å². The van der Waals surface area contributed by atoms with E-state index in [0.29, 0.717) is 12.4 Å². The predicted octanol–water partition coefficient (Wildman–Crippen LogP) is 1.36. The highest BCUT2D eigenvalue weighted by molar-refractivity contribution is 5.89. The van der Waals surface area contributed by atoms with E-state index in [0.717, 1.165) is 5.56 Å². The van der Waals surface area contributed by atoms with E-state index >= 15 is 0 Å². The summed E-state index contributed by atoms with van der Waals surface area (Å²) in [7, 11) is 0. The van der Waals surface area contributed by atoms with Gasteiger partial charge >= 0.3 is 5.97 Å². The molecule has 32 heavy (non-hydrogen) atoms. The molecule has 0 saturated carbocycles. The van der Waals surface area contributed by atoms with Gasteiger partial charge in [-0.25, -0.2) is 4.79 Å². The summed E-state index contributed by atoms with van der Waals surface area (Å²) >= 11 is 0. The van der Waals surface area contributed by atoms with Crippen LogP contribution in [0.4, 0.5) is 0 Å². The molecule has 1 fully saturated rings. The van der Waals surface area contributed by atoms with Gasteiger partial charge in [0.25, 0.3) is 0 Å². The minimum Gasteiger partial charge on any atom is -0.489 e. The lowest BCUT2D eigenvalue weighted by molar-refractivity contribution is -0.379. The summed E-state index contributed by atoms with van der Waals surface area (Å²) in [6.45, 7) is 3.39. The Morgan fingerprint density at radius 2 is 1.78 bits per heavy atom. The third-order valence-corrected chi connectivity index (χ3v) is 4.80. The maximum absolute atomic E-state index is 12.3. The number of benzene rings is 2. The number of hydrogen-bond donors (Lipinski definition) is 3. The molecule has 0 spiro atoms. The maximum atomic E-state index is 12.3. The molecular formula is C23H26O9. The van der Waals surface area contributed by atoms with E-state index in [1.807, 2.05) is 30.3 Å². The molecule has 1 aliphatic heterocycles. The first kappa shape index (κ1) is 23.9. The smallest absolute Gasteiger partial charge is 0.373 e. The number of carbonyl (C=O) groups excluding carboxylic acids is 1. The first-order valence-corrected chi connectivity index (χ1v) is 10.0. The summed E-state index contributed by atoms with van der Waals surface area (Å²) in [5.41, 5.74) is 1.19. The maximum Gasteiger partial charge on any atom is 0.373 e. The van der Waals surface area contributed by atoms with Gasteiger partial charge in [0.2, 0.25) is 0 Å². The van der Waals surface area contributed by atoms with Crippen LogP contribution in [0.1, 0.15) is 15.9 Å². The molecule has 0 aliphatic carbocycles. The van der Waals surface area contributed by atoms with Gasteiger partial charge in [0, 0.05) is 0 Å². The summed E-state index contributed by atoms with van der Waals surface area (Å²) < 4.78 is 16.2. The molecule has 9 nitrogen and oxygen atoms in total. The van der Waals surface area contributed by atoms with Crippen LogP contribution in [0, 0.1) is 0 Å². The van der Waals surface area contributed by atoms with Crippen molar-refractivity contribution in [3.05, 3.63) is 78.4 Å². The zero-order valence-corrected chi connectivity index (χ0v) is 17.3. The Morgan fingerprint density at radius 3 is 2.44 bits per heavy atom.